The SMILES string of the molecule is CNC(=O)OC1CCC(N(Cc2cc(-c3ccc(C(=O)C(F)(F)F)cc3)ccc2OC)C(=O)c2sc3ccccc3c2Cl)CC1. The smallest absolute Gasteiger partial charge is 0.454 e. The molecule has 5 rings (SSSR count). The van der Waals surface area contributed by atoms with Gasteiger partial charge >= 0.3 is 12.3 Å². The molecular weight excluding hydrogens is 629 g/mol. The molecule has 1 aliphatic rings. The number of ether oxygens (including phenoxy) is 2. The van der Waals surface area contributed by atoms with Crippen LogP contribution in [0.1, 0.15) is 51.3 Å². The van der Waals surface area contributed by atoms with Gasteiger partial charge in [0, 0.05) is 40.8 Å². The minimum atomic E-state index is -4.96. The molecule has 0 aliphatic heterocycles. The van der Waals surface area contributed by atoms with Gasteiger partial charge in [-0.25, -0.2) is 4.79 Å². The van der Waals surface area contributed by atoms with E-state index >= 15 is 0 Å². The average molecular weight is 659 g/mol. The van der Waals surface area contributed by atoms with Crippen molar-refractivity contribution in [2.45, 2.75) is 50.6 Å². The van der Waals surface area contributed by atoms with Crippen LogP contribution in [0.25, 0.3) is 21.2 Å². The second kappa shape index (κ2) is 13.5. The molecule has 0 bridgehead atoms. The van der Waals surface area contributed by atoms with E-state index in [9.17, 15) is 27.6 Å². The number of Topliss-reactive ketones (excluding diaryl/α,β-unsaturated/α-hetero) is 1. The number of benzene rings is 3. The van der Waals surface area contributed by atoms with Crippen LogP contribution < -0.4 is 10.1 Å². The zero-order chi connectivity index (χ0) is 32.3. The van der Waals surface area contributed by atoms with E-state index in [0.29, 0.717) is 58.0 Å². The Kier molecular flexibility index (Phi) is 9.69. The van der Waals surface area contributed by atoms with E-state index in [2.05, 4.69) is 5.32 Å². The number of amides is 2. The number of rotatable bonds is 8. The summed E-state index contributed by atoms with van der Waals surface area (Å²) in [4.78, 5) is 39.9. The Morgan fingerprint density at radius 2 is 1.64 bits per heavy atom. The molecule has 7 nitrogen and oxygen atoms in total. The summed E-state index contributed by atoms with van der Waals surface area (Å²) in [6.45, 7) is 0.163. The summed E-state index contributed by atoms with van der Waals surface area (Å²) in [5.41, 5.74) is 1.49. The zero-order valence-electron chi connectivity index (χ0n) is 24.4. The van der Waals surface area contributed by atoms with Gasteiger partial charge in [-0.2, -0.15) is 13.2 Å². The molecule has 4 aromatic rings. The van der Waals surface area contributed by atoms with Crippen molar-refractivity contribution in [3.8, 4) is 16.9 Å². The molecule has 1 fully saturated rings. The minimum absolute atomic E-state index is 0.163. The number of hydrogen-bond donors (Lipinski definition) is 1. The van der Waals surface area contributed by atoms with E-state index in [-0.39, 0.29) is 24.6 Å². The van der Waals surface area contributed by atoms with Crippen LogP contribution in [0, 0.1) is 0 Å². The van der Waals surface area contributed by atoms with Gasteiger partial charge < -0.3 is 19.7 Å². The number of methoxy groups -OCH3 is 1. The van der Waals surface area contributed by atoms with Crippen LogP contribution in [-0.2, 0) is 11.3 Å². The monoisotopic (exact) mass is 658 g/mol. The van der Waals surface area contributed by atoms with Crippen molar-refractivity contribution in [2.75, 3.05) is 14.2 Å². The summed E-state index contributed by atoms with van der Waals surface area (Å²) in [6.07, 6.45) is -3.41. The number of alkyl carbamates (subject to hydrolysis) is 1. The first-order valence-corrected chi connectivity index (χ1v) is 15.4. The van der Waals surface area contributed by atoms with Crippen molar-refractivity contribution in [3.63, 3.8) is 0 Å². The largest absolute Gasteiger partial charge is 0.496 e. The Balaban J connectivity index is 1.47. The maximum Gasteiger partial charge on any atom is 0.454 e. The summed E-state index contributed by atoms with van der Waals surface area (Å²) in [5.74, 6) is -1.62. The van der Waals surface area contributed by atoms with Crippen molar-refractivity contribution < 1.29 is 37.0 Å². The van der Waals surface area contributed by atoms with Gasteiger partial charge in [-0.1, -0.05) is 60.1 Å². The van der Waals surface area contributed by atoms with Crippen molar-refractivity contribution in [1.82, 2.24) is 10.2 Å². The molecule has 0 atom stereocenters. The molecule has 1 saturated carbocycles. The summed E-state index contributed by atoms with van der Waals surface area (Å²) in [6, 6.07) is 17.9. The number of carbonyl (C=O) groups is 3. The second-order valence-electron chi connectivity index (χ2n) is 10.7. The van der Waals surface area contributed by atoms with Gasteiger partial charge in [-0.15, -0.1) is 11.3 Å². The van der Waals surface area contributed by atoms with Crippen LogP contribution in [0.15, 0.2) is 66.7 Å². The molecule has 1 heterocycles. The maximum atomic E-state index is 14.3. The zero-order valence-corrected chi connectivity index (χ0v) is 26.0. The Hall–Kier alpha value is -4.09. The Labute approximate surface area is 266 Å². The van der Waals surface area contributed by atoms with E-state index in [1.54, 1.807) is 17.0 Å². The van der Waals surface area contributed by atoms with E-state index < -0.39 is 23.6 Å². The predicted octanol–water partition coefficient (Wildman–Crippen LogP) is 8.28. The van der Waals surface area contributed by atoms with Gasteiger partial charge in [-0.3, -0.25) is 9.59 Å². The van der Waals surface area contributed by atoms with Crippen LogP contribution in [0.2, 0.25) is 5.02 Å². The lowest BCUT2D eigenvalue weighted by Crippen LogP contribution is -2.43. The molecule has 45 heavy (non-hydrogen) atoms. The molecule has 3 aromatic carbocycles. The predicted molar refractivity (Wildman–Crippen MR) is 167 cm³/mol. The Bertz CT molecular complexity index is 1720. The molecule has 1 aromatic heterocycles. The van der Waals surface area contributed by atoms with Gasteiger partial charge in [0.2, 0.25) is 0 Å². The number of nitrogens with zero attached hydrogens (tertiary/aromatic N) is 1. The number of thiophene rings is 1. The Morgan fingerprint density at radius 1 is 0.978 bits per heavy atom. The number of carbonyl (C=O) groups excluding carboxylic acids is 3. The summed E-state index contributed by atoms with van der Waals surface area (Å²) in [5, 5.41) is 3.64. The lowest BCUT2D eigenvalue weighted by molar-refractivity contribution is -0.0885. The third-order valence-corrected chi connectivity index (χ3v) is 9.57. The molecule has 0 saturated heterocycles. The highest BCUT2D eigenvalue weighted by Crippen LogP contribution is 2.38. The highest BCUT2D eigenvalue weighted by Gasteiger charge is 2.39. The summed E-state index contributed by atoms with van der Waals surface area (Å²) in [7, 11) is 3.02. The first-order valence-electron chi connectivity index (χ1n) is 14.3. The van der Waals surface area contributed by atoms with Crippen molar-refractivity contribution in [2.24, 2.45) is 0 Å². The Morgan fingerprint density at radius 3 is 2.27 bits per heavy atom. The summed E-state index contributed by atoms with van der Waals surface area (Å²) < 4.78 is 50.7. The first-order chi connectivity index (χ1) is 21.5. The fourth-order valence-corrected chi connectivity index (χ4v) is 7.04. The fraction of sp³-hybridized carbons (Fsp3) is 0.303. The third kappa shape index (κ3) is 7.10. The number of hydrogen-bond acceptors (Lipinski definition) is 6. The average Bonchev–Trinajstić information content (AvgIpc) is 3.39. The molecule has 12 heteroatoms. The van der Waals surface area contributed by atoms with Crippen molar-refractivity contribution in [3.05, 3.63) is 87.8 Å². The third-order valence-electron chi connectivity index (χ3n) is 7.91. The second-order valence-corrected chi connectivity index (χ2v) is 12.1. The normalized spacial score (nSPS) is 16.7. The van der Waals surface area contributed by atoms with Crippen molar-refractivity contribution in [1.29, 1.82) is 0 Å². The molecule has 1 N–H and O–H groups in total. The van der Waals surface area contributed by atoms with Gasteiger partial charge in [0.1, 0.15) is 16.7 Å². The quantitative estimate of drug-likeness (QED) is 0.193. The topological polar surface area (TPSA) is 84.9 Å². The number of fused-ring (bicyclic) bond motifs is 1. The number of nitrogens with one attached hydrogen (secondary N) is 1. The van der Waals surface area contributed by atoms with Crippen LogP contribution >= 0.6 is 22.9 Å². The van der Waals surface area contributed by atoms with Crippen LogP contribution in [-0.4, -0.2) is 55.2 Å². The highest BCUT2D eigenvalue weighted by molar-refractivity contribution is 7.21. The van der Waals surface area contributed by atoms with E-state index in [1.807, 2.05) is 30.3 Å². The molecule has 0 radical (unpaired) electrons. The maximum absolute atomic E-state index is 14.3. The first kappa shape index (κ1) is 32.3. The van der Waals surface area contributed by atoms with Gasteiger partial charge in [0.15, 0.2) is 0 Å². The van der Waals surface area contributed by atoms with Gasteiger partial charge in [0.05, 0.1) is 12.1 Å². The van der Waals surface area contributed by atoms with Crippen molar-refractivity contribution >= 4 is 50.8 Å². The molecule has 2 amide bonds. The lowest BCUT2D eigenvalue weighted by atomic mass is 9.91. The molecule has 0 spiro atoms. The molecule has 236 valence electrons. The fourth-order valence-electron chi connectivity index (χ4n) is 5.58. The number of halogens is 4. The van der Waals surface area contributed by atoms with Gasteiger partial charge in [0.25, 0.3) is 11.7 Å². The van der Waals surface area contributed by atoms with E-state index in [1.165, 1.54) is 37.6 Å². The number of ketones is 1. The van der Waals surface area contributed by atoms with Crippen LogP contribution in [0.5, 0.6) is 5.75 Å². The summed E-state index contributed by atoms with van der Waals surface area (Å²) >= 11 is 8.06. The van der Waals surface area contributed by atoms with Crippen LogP contribution in [0.3, 0.4) is 0 Å². The molecule has 0 unspecified atom stereocenters. The van der Waals surface area contributed by atoms with Crippen LogP contribution in [0.4, 0.5) is 18.0 Å². The molecule has 1 aliphatic carbocycles. The molecular formula is C33H30ClF3N2O5S. The number of alkyl halides is 3. The lowest BCUT2D eigenvalue weighted by Gasteiger charge is -2.37. The minimum Gasteiger partial charge on any atom is -0.496 e. The van der Waals surface area contributed by atoms with E-state index in [4.69, 9.17) is 21.1 Å². The highest BCUT2D eigenvalue weighted by atomic mass is 35.5. The standard InChI is InChI=1S/C33H30ClF3N2O5S/c1-38-32(42)44-24-14-12-23(13-15-24)39(31(41)29-28(34)25-5-3-4-6-27(25)45-29)18-22-17-21(11-16-26(22)43-2)19-7-9-20(10-8-19)30(40)33(35,36)37/h3-11,16-17,23-24H,12-15,18H2,1-2H3,(H,38,42). The van der Waals surface area contributed by atoms with E-state index in [0.717, 1.165) is 22.2 Å². The van der Waals surface area contributed by atoms with Gasteiger partial charge in [-0.05, 0) is 55.0 Å².